The van der Waals surface area contributed by atoms with Crippen LogP contribution in [0.4, 0.5) is 13.2 Å². The molecule has 0 fully saturated rings. The van der Waals surface area contributed by atoms with Crippen molar-refractivity contribution in [3.63, 3.8) is 0 Å². The largest absolute Gasteiger partial charge is 0.790 e. The summed E-state index contributed by atoms with van der Waals surface area (Å²) in [6.45, 7) is 1.76. The molecule has 8 heteroatoms. The lowest BCUT2D eigenvalue weighted by Crippen LogP contribution is -2.34. The van der Waals surface area contributed by atoms with E-state index in [9.17, 15) is 27.5 Å². The predicted octanol–water partition coefficient (Wildman–Crippen LogP) is 0.563. The molecule has 0 unspecified atom stereocenters. The van der Waals surface area contributed by atoms with Crippen LogP contribution >= 0.6 is 7.82 Å². The fraction of sp³-hybridized carbons (Fsp3) is 1.00. The fourth-order valence-corrected chi connectivity index (χ4v) is 1.49. The molecule has 0 aliphatic carbocycles. The molecule has 80 valence electrons. The van der Waals surface area contributed by atoms with Crippen molar-refractivity contribution in [1.29, 1.82) is 0 Å². The van der Waals surface area contributed by atoms with Gasteiger partial charge in [0.15, 0.2) is 0 Å². The summed E-state index contributed by atoms with van der Waals surface area (Å²) < 4.78 is 49.0. The van der Waals surface area contributed by atoms with Gasteiger partial charge in [0.05, 0.1) is 19.8 Å². The number of phosphoric ester groups is 1. The maximum atomic E-state index is 11.8. The standard InChI is InChI=1S/C5H10F3O4P/c1-4(2,3-5(6,7)8)12-13(9,10)11/h3H2,1-2H3,(H2,9,10,11)/p-2. The number of alkyl halides is 3. The Morgan fingerprint density at radius 2 is 1.69 bits per heavy atom. The second kappa shape index (κ2) is 3.57. The first kappa shape index (κ1) is 12.9. The van der Waals surface area contributed by atoms with Crippen molar-refractivity contribution in [1.82, 2.24) is 0 Å². The van der Waals surface area contributed by atoms with Crippen LogP contribution in [0.2, 0.25) is 0 Å². The van der Waals surface area contributed by atoms with Crippen molar-refractivity contribution in [3.05, 3.63) is 0 Å². The van der Waals surface area contributed by atoms with Crippen molar-refractivity contribution in [2.45, 2.75) is 32.0 Å². The second-order valence-electron chi connectivity index (χ2n) is 3.09. The number of hydrogen-bond acceptors (Lipinski definition) is 4. The third-order valence-electron chi connectivity index (χ3n) is 0.985. The van der Waals surface area contributed by atoms with E-state index < -0.39 is 26.0 Å². The van der Waals surface area contributed by atoms with E-state index in [0.717, 1.165) is 13.8 Å². The van der Waals surface area contributed by atoms with E-state index in [4.69, 9.17) is 0 Å². The molecule has 13 heavy (non-hydrogen) atoms. The van der Waals surface area contributed by atoms with Crippen molar-refractivity contribution in [2.24, 2.45) is 0 Å². The molecule has 0 rings (SSSR count). The van der Waals surface area contributed by atoms with Crippen molar-refractivity contribution >= 4 is 7.82 Å². The molecular weight excluding hydrogens is 212 g/mol. The van der Waals surface area contributed by atoms with Gasteiger partial charge in [-0.1, -0.05) is 0 Å². The Bertz CT molecular complexity index is 218. The summed E-state index contributed by atoms with van der Waals surface area (Å²) in [6.07, 6.45) is -6.06. The molecule has 0 N–H and O–H groups in total. The first-order valence-electron chi connectivity index (χ1n) is 3.21. The molecule has 4 nitrogen and oxygen atoms in total. The molecule has 0 saturated heterocycles. The minimum Gasteiger partial charge on any atom is -0.790 e. The average molecular weight is 220 g/mol. The van der Waals surface area contributed by atoms with Crippen LogP contribution in [-0.4, -0.2) is 11.8 Å². The molecule has 0 amide bonds. The molecule has 0 bridgehead atoms. The van der Waals surface area contributed by atoms with Gasteiger partial charge < -0.3 is 18.9 Å². The van der Waals surface area contributed by atoms with Crippen LogP contribution in [0.3, 0.4) is 0 Å². The zero-order valence-corrected chi connectivity index (χ0v) is 7.82. The van der Waals surface area contributed by atoms with Gasteiger partial charge in [-0.15, -0.1) is 0 Å². The Morgan fingerprint density at radius 1 is 1.31 bits per heavy atom. The minimum atomic E-state index is -5.37. The lowest BCUT2D eigenvalue weighted by molar-refractivity contribution is -0.350. The average Bonchev–Trinajstić information content (AvgIpc) is 1.43. The third-order valence-corrected chi connectivity index (χ3v) is 1.70. The maximum absolute atomic E-state index is 11.8. The molecule has 0 aromatic carbocycles. The summed E-state index contributed by atoms with van der Waals surface area (Å²) in [7, 11) is -5.37. The summed E-state index contributed by atoms with van der Waals surface area (Å²) in [4.78, 5) is 20.0. The highest BCUT2D eigenvalue weighted by Crippen LogP contribution is 2.38. The molecule has 0 heterocycles. The minimum absolute atomic E-state index is 0.878. The van der Waals surface area contributed by atoms with Crippen molar-refractivity contribution < 1.29 is 32.0 Å². The molecule has 0 radical (unpaired) electrons. The molecule has 0 aliphatic rings. The highest BCUT2D eigenvalue weighted by atomic mass is 31.2. The number of rotatable bonds is 3. The summed E-state index contributed by atoms with van der Waals surface area (Å²) in [5, 5.41) is 0. The molecule has 0 aromatic rings. The normalized spacial score (nSPS) is 14.7. The van der Waals surface area contributed by atoms with Gasteiger partial charge >= 0.3 is 6.18 Å². The SMILES string of the molecule is CC(C)(CC(F)(F)F)OP(=O)([O-])[O-]. The highest BCUT2D eigenvalue weighted by molar-refractivity contribution is 7.43. The molecule has 0 aliphatic heterocycles. The summed E-state index contributed by atoms with van der Waals surface area (Å²) in [5.41, 5.74) is -2.04. The van der Waals surface area contributed by atoms with Gasteiger partial charge in [0.1, 0.15) is 0 Å². The second-order valence-corrected chi connectivity index (χ2v) is 4.17. The first-order valence-corrected chi connectivity index (χ1v) is 4.67. The maximum Gasteiger partial charge on any atom is 0.391 e. The molecule has 0 saturated carbocycles. The smallest absolute Gasteiger partial charge is 0.391 e. The Labute approximate surface area is 72.9 Å². The summed E-state index contributed by atoms with van der Waals surface area (Å²) in [5.74, 6) is 0. The highest BCUT2D eigenvalue weighted by Gasteiger charge is 2.37. The van der Waals surface area contributed by atoms with Crippen LogP contribution in [0, 0.1) is 0 Å². The van der Waals surface area contributed by atoms with Crippen LogP contribution < -0.4 is 9.79 Å². The summed E-state index contributed by atoms with van der Waals surface area (Å²) in [6, 6.07) is 0. The molecule has 0 aromatic heterocycles. The third kappa shape index (κ3) is 8.24. The van der Waals surface area contributed by atoms with Crippen LogP contribution in [0.15, 0.2) is 0 Å². The van der Waals surface area contributed by atoms with E-state index in [1.165, 1.54) is 0 Å². The van der Waals surface area contributed by atoms with E-state index in [1.807, 2.05) is 0 Å². The topological polar surface area (TPSA) is 72.4 Å². The van der Waals surface area contributed by atoms with E-state index in [1.54, 1.807) is 0 Å². The van der Waals surface area contributed by atoms with Gasteiger partial charge in [-0.05, 0) is 13.8 Å². The van der Waals surface area contributed by atoms with Crippen LogP contribution in [0.5, 0.6) is 0 Å². The van der Waals surface area contributed by atoms with Crippen molar-refractivity contribution in [2.75, 3.05) is 0 Å². The monoisotopic (exact) mass is 220 g/mol. The lowest BCUT2D eigenvalue weighted by Gasteiger charge is -2.38. The van der Waals surface area contributed by atoms with Crippen molar-refractivity contribution in [3.8, 4) is 0 Å². The Hall–Kier alpha value is -0.100. The van der Waals surface area contributed by atoms with Gasteiger partial charge in [0.25, 0.3) is 0 Å². The first-order chi connectivity index (χ1) is 5.41. The number of phosphoric acid groups is 1. The van der Waals surface area contributed by atoms with E-state index in [0.29, 0.717) is 0 Å². The van der Waals surface area contributed by atoms with Crippen LogP contribution in [0.1, 0.15) is 20.3 Å². The van der Waals surface area contributed by atoms with E-state index in [2.05, 4.69) is 4.52 Å². The summed E-state index contributed by atoms with van der Waals surface area (Å²) >= 11 is 0. The number of hydrogen-bond donors (Lipinski definition) is 0. The van der Waals surface area contributed by atoms with Gasteiger partial charge in [-0.3, -0.25) is 0 Å². The molecule has 0 atom stereocenters. The van der Waals surface area contributed by atoms with Gasteiger partial charge in [0.2, 0.25) is 0 Å². The fourth-order valence-electron chi connectivity index (χ4n) is 0.818. The van der Waals surface area contributed by atoms with E-state index >= 15 is 0 Å². The van der Waals surface area contributed by atoms with Gasteiger partial charge in [-0.25, -0.2) is 0 Å². The van der Waals surface area contributed by atoms with E-state index in [-0.39, 0.29) is 0 Å². The molecule has 0 spiro atoms. The Kier molecular flexibility index (Phi) is 3.54. The number of halogens is 3. The Balaban J connectivity index is 4.34. The quantitative estimate of drug-likeness (QED) is 0.651. The predicted molar refractivity (Wildman–Crippen MR) is 33.4 cm³/mol. The van der Waals surface area contributed by atoms with Gasteiger partial charge in [0, 0.05) is 0 Å². The van der Waals surface area contributed by atoms with Gasteiger partial charge in [-0.2, -0.15) is 13.2 Å². The zero-order chi connectivity index (χ0) is 10.9. The van der Waals surface area contributed by atoms with Crippen LogP contribution in [-0.2, 0) is 9.09 Å². The molecular formula is C5H8F3O4P-2. The zero-order valence-electron chi connectivity index (χ0n) is 6.92. The lowest BCUT2D eigenvalue weighted by atomic mass is 10.1. The van der Waals surface area contributed by atoms with Crippen LogP contribution in [0.25, 0.3) is 0 Å². The Morgan fingerprint density at radius 3 is 1.92 bits per heavy atom.